The van der Waals surface area contributed by atoms with E-state index in [0.717, 1.165) is 17.0 Å². The van der Waals surface area contributed by atoms with Crippen LogP contribution in [0.15, 0.2) is 35.4 Å². The molecule has 1 aliphatic rings. The van der Waals surface area contributed by atoms with Crippen molar-refractivity contribution in [3.63, 3.8) is 0 Å². The number of hydrogen-bond acceptors (Lipinski definition) is 5. The van der Waals surface area contributed by atoms with Gasteiger partial charge in [-0.3, -0.25) is 4.79 Å². The molecule has 1 atom stereocenters. The highest BCUT2D eigenvalue weighted by Crippen LogP contribution is 2.25. The number of anilines is 1. The number of aromatic nitrogens is 1. The van der Waals surface area contributed by atoms with Gasteiger partial charge in [0.05, 0.1) is 10.8 Å². The van der Waals surface area contributed by atoms with Crippen molar-refractivity contribution in [3.8, 4) is 0 Å². The van der Waals surface area contributed by atoms with Gasteiger partial charge in [0.1, 0.15) is 5.82 Å². The van der Waals surface area contributed by atoms with E-state index < -0.39 is 21.8 Å². The van der Waals surface area contributed by atoms with Crippen LogP contribution in [0.4, 0.5) is 9.52 Å². The summed E-state index contributed by atoms with van der Waals surface area (Å²) in [5, 5.41) is 3.26. The van der Waals surface area contributed by atoms with Crippen LogP contribution in [0.2, 0.25) is 0 Å². The van der Waals surface area contributed by atoms with Crippen molar-refractivity contribution in [3.05, 3.63) is 41.2 Å². The van der Waals surface area contributed by atoms with Crippen molar-refractivity contribution in [2.45, 2.75) is 24.7 Å². The summed E-state index contributed by atoms with van der Waals surface area (Å²) in [5.74, 6) is -1.16. The van der Waals surface area contributed by atoms with E-state index in [1.807, 2.05) is 6.92 Å². The molecule has 2 heterocycles. The summed E-state index contributed by atoms with van der Waals surface area (Å²) in [7, 11) is -3.74. The molecule has 0 unspecified atom stereocenters. The van der Waals surface area contributed by atoms with E-state index in [0.29, 0.717) is 24.5 Å². The number of piperidine rings is 1. The smallest absolute Gasteiger partial charge is 0.243 e. The van der Waals surface area contributed by atoms with Crippen molar-refractivity contribution < 1.29 is 17.6 Å². The predicted octanol–water partition coefficient (Wildman–Crippen LogP) is 2.63. The van der Waals surface area contributed by atoms with Crippen LogP contribution in [0.1, 0.15) is 17.7 Å². The number of halogens is 1. The summed E-state index contributed by atoms with van der Waals surface area (Å²) in [5.41, 5.74) is 0. The van der Waals surface area contributed by atoms with Gasteiger partial charge in [0.2, 0.25) is 15.9 Å². The molecule has 1 N–H and O–H groups in total. The lowest BCUT2D eigenvalue weighted by molar-refractivity contribution is -0.120. The number of nitrogens with one attached hydrogen (secondary N) is 1. The fourth-order valence-corrected chi connectivity index (χ4v) is 4.94. The molecule has 1 fully saturated rings. The zero-order chi connectivity index (χ0) is 18.0. The van der Waals surface area contributed by atoms with Crippen molar-refractivity contribution >= 4 is 32.4 Å². The Morgan fingerprint density at radius 1 is 1.36 bits per heavy atom. The van der Waals surface area contributed by atoms with Gasteiger partial charge in [0.15, 0.2) is 5.13 Å². The van der Waals surface area contributed by atoms with Crippen molar-refractivity contribution in [2.24, 2.45) is 5.92 Å². The van der Waals surface area contributed by atoms with Crippen molar-refractivity contribution in [2.75, 3.05) is 18.4 Å². The number of sulfonamides is 1. The molecule has 1 aromatic carbocycles. The number of benzene rings is 1. The summed E-state index contributed by atoms with van der Waals surface area (Å²) in [6, 6.07) is 4.72. The van der Waals surface area contributed by atoms with Gasteiger partial charge < -0.3 is 5.32 Å². The first-order valence-electron chi connectivity index (χ1n) is 7.85. The molecule has 3 rings (SSSR count). The molecule has 0 radical (unpaired) electrons. The minimum absolute atomic E-state index is 0.0329. The third kappa shape index (κ3) is 4.05. The molecule has 1 aromatic heterocycles. The largest absolute Gasteiger partial charge is 0.302 e. The molecule has 6 nitrogen and oxygen atoms in total. The zero-order valence-electron chi connectivity index (χ0n) is 13.6. The lowest BCUT2D eigenvalue weighted by Crippen LogP contribution is -2.43. The predicted molar refractivity (Wildman–Crippen MR) is 93.4 cm³/mol. The number of amides is 1. The van der Waals surface area contributed by atoms with E-state index >= 15 is 0 Å². The van der Waals surface area contributed by atoms with Crippen molar-refractivity contribution in [1.29, 1.82) is 0 Å². The van der Waals surface area contributed by atoms with Gasteiger partial charge in [-0.2, -0.15) is 4.31 Å². The van der Waals surface area contributed by atoms with Gasteiger partial charge >= 0.3 is 0 Å². The Hall–Kier alpha value is -1.84. The molecule has 0 bridgehead atoms. The average Bonchev–Trinajstić information content (AvgIpc) is 3.00. The Morgan fingerprint density at radius 3 is 2.72 bits per heavy atom. The minimum Gasteiger partial charge on any atom is -0.302 e. The van der Waals surface area contributed by atoms with E-state index in [-0.39, 0.29) is 17.3 Å². The first kappa shape index (κ1) is 18.0. The molecule has 1 amide bonds. The molecule has 0 spiro atoms. The Morgan fingerprint density at radius 2 is 2.08 bits per heavy atom. The Bertz CT molecular complexity index is 865. The SMILES string of the molecule is Cc1cnc(NC(=O)[C@H]2CCCN(S(=O)(=O)c3ccc(F)cc3)C2)s1. The van der Waals surface area contributed by atoms with E-state index in [4.69, 9.17) is 0 Å². The van der Waals surface area contributed by atoms with Gasteiger partial charge in [-0.1, -0.05) is 0 Å². The van der Waals surface area contributed by atoms with Crippen LogP contribution >= 0.6 is 11.3 Å². The Kier molecular flexibility index (Phi) is 5.16. The maximum Gasteiger partial charge on any atom is 0.243 e. The first-order chi connectivity index (χ1) is 11.9. The molecule has 9 heteroatoms. The summed E-state index contributed by atoms with van der Waals surface area (Å²) in [6.45, 7) is 2.35. The molecule has 25 heavy (non-hydrogen) atoms. The average molecular weight is 383 g/mol. The lowest BCUT2D eigenvalue weighted by atomic mass is 9.99. The summed E-state index contributed by atoms with van der Waals surface area (Å²) < 4.78 is 39.7. The summed E-state index contributed by atoms with van der Waals surface area (Å²) in [4.78, 5) is 17.5. The van der Waals surface area contributed by atoms with E-state index in [2.05, 4.69) is 10.3 Å². The fourth-order valence-electron chi connectivity index (χ4n) is 2.75. The highest BCUT2D eigenvalue weighted by atomic mass is 32.2. The second kappa shape index (κ2) is 7.19. The van der Waals surface area contributed by atoms with Crippen LogP contribution in [0.25, 0.3) is 0 Å². The molecule has 0 aliphatic carbocycles. The molecular formula is C16H18FN3O3S2. The van der Waals surface area contributed by atoms with Crippen LogP contribution in [-0.2, 0) is 14.8 Å². The second-order valence-electron chi connectivity index (χ2n) is 5.92. The van der Waals surface area contributed by atoms with E-state index in [1.165, 1.54) is 27.8 Å². The van der Waals surface area contributed by atoms with Gasteiger partial charge in [-0.15, -0.1) is 11.3 Å². The second-order valence-corrected chi connectivity index (χ2v) is 9.09. The molecule has 0 saturated carbocycles. The normalized spacial score (nSPS) is 18.9. The number of aryl methyl sites for hydroxylation is 1. The number of hydrogen-bond donors (Lipinski definition) is 1. The maximum atomic E-state index is 13.0. The number of rotatable bonds is 4. The first-order valence-corrected chi connectivity index (χ1v) is 10.1. The summed E-state index contributed by atoms with van der Waals surface area (Å²) >= 11 is 1.37. The number of thiazole rings is 1. The quantitative estimate of drug-likeness (QED) is 0.880. The highest BCUT2D eigenvalue weighted by molar-refractivity contribution is 7.89. The molecular weight excluding hydrogens is 365 g/mol. The van der Waals surface area contributed by atoms with Crippen LogP contribution in [0.3, 0.4) is 0 Å². The Labute approximate surface area is 149 Å². The van der Waals surface area contributed by atoms with E-state index in [9.17, 15) is 17.6 Å². The van der Waals surface area contributed by atoms with Crippen LogP contribution in [-0.4, -0.2) is 36.7 Å². The Balaban J connectivity index is 1.71. The van der Waals surface area contributed by atoms with Gasteiger partial charge in [-0.05, 0) is 44.0 Å². The number of nitrogens with zero attached hydrogens (tertiary/aromatic N) is 2. The summed E-state index contributed by atoms with van der Waals surface area (Å²) in [6.07, 6.45) is 2.88. The van der Waals surface area contributed by atoms with Crippen molar-refractivity contribution in [1.82, 2.24) is 9.29 Å². The molecule has 2 aromatic rings. The van der Waals surface area contributed by atoms with Gasteiger partial charge in [-0.25, -0.2) is 17.8 Å². The number of carbonyl (C=O) groups is 1. The third-order valence-electron chi connectivity index (χ3n) is 4.06. The van der Waals surface area contributed by atoms with Crippen LogP contribution in [0, 0.1) is 18.7 Å². The standard InChI is InChI=1S/C16H18FN3O3S2/c1-11-9-18-16(24-11)19-15(21)12-3-2-8-20(10-12)25(22,23)14-6-4-13(17)5-7-14/h4-7,9,12H,2-3,8,10H2,1H3,(H,18,19,21)/t12-/m0/s1. The molecule has 1 aliphatic heterocycles. The highest BCUT2D eigenvalue weighted by Gasteiger charge is 2.33. The zero-order valence-corrected chi connectivity index (χ0v) is 15.2. The lowest BCUT2D eigenvalue weighted by Gasteiger charge is -2.31. The molecule has 1 saturated heterocycles. The van der Waals surface area contributed by atoms with Gasteiger partial charge in [0, 0.05) is 24.2 Å². The molecule has 134 valence electrons. The fraction of sp³-hybridized carbons (Fsp3) is 0.375. The topological polar surface area (TPSA) is 79.4 Å². The van der Waals surface area contributed by atoms with Gasteiger partial charge in [0.25, 0.3) is 0 Å². The van der Waals surface area contributed by atoms with Crippen LogP contribution < -0.4 is 5.32 Å². The maximum absolute atomic E-state index is 13.0. The van der Waals surface area contributed by atoms with E-state index in [1.54, 1.807) is 6.20 Å². The van der Waals surface area contributed by atoms with Crippen LogP contribution in [0.5, 0.6) is 0 Å². The monoisotopic (exact) mass is 383 g/mol. The third-order valence-corrected chi connectivity index (χ3v) is 6.77. The number of carbonyl (C=O) groups excluding carboxylic acids is 1. The minimum atomic E-state index is -3.74.